The Morgan fingerprint density at radius 1 is 1.36 bits per heavy atom. The number of para-hydroxylation sites is 1. The first-order valence-electron chi connectivity index (χ1n) is 3.83. The molecule has 1 aromatic heterocycles. The molecule has 0 spiro atoms. The fraction of sp³-hybridized carbons (Fsp3) is 0. The van der Waals surface area contributed by atoms with E-state index in [9.17, 15) is 0 Å². The number of rotatable bonds is 1. The molecule has 2 rings (SSSR count). The van der Waals surface area contributed by atoms with Crippen molar-refractivity contribution in [2.75, 3.05) is 0 Å². The van der Waals surface area contributed by atoms with Crippen LogP contribution in [0, 0.1) is 17.4 Å². The fourth-order valence-corrected chi connectivity index (χ4v) is 1.04. The van der Waals surface area contributed by atoms with E-state index in [-0.39, 0.29) is 21.1 Å². The van der Waals surface area contributed by atoms with Gasteiger partial charge in [0.25, 0.3) is 0 Å². The summed E-state index contributed by atoms with van der Waals surface area (Å²) in [6, 6.07) is 14.1. The van der Waals surface area contributed by atoms with Crippen LogP contribution in [0.5, 0.6) is 0 Å². The van der Waals surface area contributed by atoms with Crippen molar-refractivity contribution in [3.8, 4) is 11.8 Å². The number of aromatic nitrogens is 2. The topological polar surface area (TPSA) is 41.6 Å². The van der Waals surface area contributed by atoms with Gasteiger partial charge in [-0.25, -0.2) is 0 Å². The molecule has 0 saturated heterocycles. The number of hydrogen-bond donors (Lipinski definition) is 0. The number of nitriles is 1. The smallest absolute Gasteiger partial charge is 0.162 e. The summed E-state index contributed by atoms with van der Waals surface area (Å²) >= 11 is 0. The molecule has 0 amide bonds. The van der Waals surface area contributed by atoms with Crippen LogP contribution in [0.4, 0.5) is 0 Å². The Morgan fingerprint density at radius 2 is 2.21 bits per heavy atom. The molecule has 0 saturated carbocycles. The van der Waals surface area contributed by atoms with Crippen molar-refractivity contribution in [2.45, 2.75) is 0 Å². The Hall–Kier alpha value is -1.39. The maximum absolute atomic E-state index is 8.56. The predicted octanol–water partition coefficient (Wildman–Crippen LogP) is 1.54. The van der Waals surface area contributed by atoms with Gasteiger partial charge in [-0.2, -0.15) is 34.6 Å². The van der Waals surface area contributed by atoms with Gasteiger partial charge < -0.3 is 0 Å². The molecule has 0 fully saturated rings. The van der Waals surface area contributed by atoms with Crippen LogP contribution >= 0.6 is 0 Å². The Bertz CT molecular complexity index is 442. The van der Waals surface area contributed by atoms with Crippen molar-refractivity contribution in [2.24, 2.45) is 0 Å². The van der Waals surface area contributed by atoms with Gasteiger partial charge in [0.15, 0.2) is 5.69 Å². The summed E-state index contributed by atoms with van der Waals surface area (Å²) in [4.78, 5) is 0. The molecule has 4 heteroatoms. The van der Waals surface area contributed by atoms with Gasteiger partial charge in [0.2, 0.25) is 0 Å². The van der Waals surface area contributed by atoms with Crippen molar-refractivity contribution in [3.05, 3.63) is 48.3 Å². The van der Waals surface area contributed by atoms with E-state index in [1.165, 1.54) is 0 Å². The molecule has 0 aliphatic rings. The van der Waals surface area contributed by atoms with Gasteiger partial charge in [-0.15, -0.1) is 6.07 Å². The molecule has 2 aromatic rings. The second-order valence-corrected chi connectivity index (χ2v) is 2.51. The molecular weight excluding hydrogens is 357 g/mol. The number of benzene rings is 1. The van der Waals surface area contributed by atoms with Crippen LogP contribution in [-0.4, -0.2) is 9.78 Å². The first-order chi connectivity index (χ1) is 6.40. The van der Waals surface area contributed by atoms with E-state index in [1.807, 2.05) is 30.3 Å². The van der Waals surface area contributed by atoms with Crippen molar-refractivity contribution in [1.82, 2.24) is 9.78 Å². The van der Waals surface area contributed by atoms with Crippen LogP contribution in [0.25, 0.3) is 5.69 Å². The summed E-state index contributed by atoms with van der Waals surface area (Å²) in [5.41, 5.74) is 1.25. The van der Waals surface area contributed by atoms with Crippen molar-refractivity contribution >= 4 is 0 Å². The van der Waals surface area contributed by atoms with E-state index >= 15 is 0 Å². The van der Waals surface area contributed by atoms with E-state index in [4.69, 9.17) is 5.26 Å². The minimum absolute atomic E-state index is 0. The maximum atomic E-state index is 8.56. The summed E-state index contributed by atoms with van der Waals surface area (Å²) in [7, 11) is 0. The fourth-order valence-electron chi connectivity index (χ4n) is 1.04. The molecule has 3 nitrogen and oxygen atoms in total. The molecule has 0 bridgehead atoms. The zero-order valence-corrected chi connectivity index (χ0v) is 9.39. The molecule has 0 atom stereocenters. The zero-order valence-electron chi connectivity index (χ0n) is 7.12. The minimum Gasteiger partial charge on any atom is -0.264 e. The molecule has 0 N–H and O–H groups in total. The molecule has 0 aliphatic heterocycles. The van der Waals surface area contributed by atoms with Gasteiger partial charge in [0, 0.05) is 27.3 Å². The third kappa shape index (κ3) is 2.10. The van der Waals surface area contributed by atoms with E-state index in [0.717, 1.165) is 5.69 Å². The van der Waals surface area contributed by atoms with E-state index < -0.39 is 0 Å². The Labute approximate surface area is 96.2 Å². The number of nitrogens with zero attached hydrogens (tertiary/aromatic N) is 3. The van der Waals surface area contributed by atoms with Gasteiger partial charge >= 0.3 is 0 Å². The average Bonchev–Trinajstić information content (AvgIpc) is 2.67. The van der Waals surface area contributed by atoms with Gasteiger partial charge in [-0.3, -0.25) is 4.68 Å². The van der Waals surface area contributed by atoms with Crippen LogP contribution in [0.15, 0.2) is 36.5 Å². The Morgan fingerprint density at radius 3 is 2.79 bits per heavy atom. The zero-order chi connectivity index (χ0) is 9.10. The summed E-state index contributed by atoms with van der Waals surface area (Å²) in [6.07, 6.45) is 1.74. The van der Waals surface area contributed by atoms with Crippen LogP contribution in [0.1, 0.15) is 5.69 Å². The van der Waals surface area contributed by atoms with Crippen molar-refractivity contribution in [1.29, 1.82) is 5.26 Å². The van der Waals surface area contributed by atoms with Gasteiger partial charge in [0.05, 0.1) is 0 Å². The van der Waals surface area contributed by atoms with Gasteiger partial charge in [0.1, 0.15) is 6.07 Å². The van der Waals surface area contributed by atoms with E-state index in [1.54, 1.807) is 16.9 Å². The number of hydrogen-bond acceptors (Lipinski definition) is 2. The third-order valence-electron chi connectivity index (χ3n) is 1.64. The first kappa shape index (κ1) is 10.7. The normalized spacial score (nSPS) is 8.79. The molecule has 1 heterocycles. The summed E-state index contributed by atoms with van der Waals surface area (Å²) in [6.45, 7) is 0. The summed E-state index contributed by atoms with van der Waals surface area (Å²) in [5, 5.41) is 12.6. The van der Waals surface area contributed by atoms with Crippen LogP contribution in [-0.2, 0) is 21.1 Å². The summed E-state index contributed by atoms with van der Waals surface area (Å²) < 4.78 is 1.62. The SMILES string of the molecule is N#Cc1ccn(-c2[c-]cccc2)n1.[Pt]. The quantitative estimate of drug-likeness (QED) is 0.722. The molecule has 0 radical (unpaired) electrons. The standard InChI is InChI=1S/C10H6N3.Pt/c11-8-9-6-7-13(12-9)10-4-2-1-3-5-10;/h1-4,6-7H;/q-1;. The van der Waals surface area contributed by atoms with Crippen molar-refractivity contribution < 1.29 is 21.1 Å². The largest absolute Gasteiger partial charge is 0.264 e. The van der Waals surface area contributed by atoms with Gasteiger partial charge in [-0.1, -0.05) is 0 Å². The maximum Gasteiger partial charge on any atom is 0.162 e. The van der Waals surface area contributed by atoms with Crippen LogP contribution < -0.4 is 0 Å². The second kappa shape index (κ2) is 4.74. The summed E-state index contributed by atoms with van der Waals surface area (Å²) in [5.74, 6) is 0. The monoisotopic (exact) mass is 363 g/mol. The average molecular weight is 363 g/mol. The van der Waals surface area contributed by atoms with E-state index in [0.29, 0.717) is 5.69 Å². The second-order valence-electron chi connectivity index (χ2n) is 2.51. The molecule has 14 heavy (non-hydrogen) atoms. The third-order valence-corrected chi connectivity index (χ3v) is 1.64. The van der Waals surface area contributed by atoms with Crippen molar-refractivity contribution in [3.63, 3.8) is 0 Å². The molecule has 0 aliphatic carbocycles. The van der Waals surface area contributed by atoms with E-state index in [2.05, 4.69) is 11.2 Å². The van der Waals surface area contributed by atoms with Crippen LogP contribution in [0.3, 0.4) is 0 Å². The minimum atomic E-state index is 0. The predicted molar refractivity (Wildman–Crippen MR) is 47.1 cm³/mol. The Balaban J connectivity index is 0.000000980. The first-order valence-corrected chi connectivity index (χ1v) is 3.83. The molecule has 0 unspecified atom stereocenters. The molecular formula is C10H6N3Pt-. The Kier molecular flexibility index (Phi) is 3.62. The molecule has 1 aromatic carbocycles. The molecule has 72 valence electrons. The van der Waals surface area contributed by atoms with Gasteiger partial charge in [-0.05, 0) is 11.8 Å². The van der Waals surface area contributed by atoms with Crippen LogP contribution in [0.2, 0.25) is 0 Å².